The zero-order chi connectivity index (χ0) is 36.7. The van der Waals surface area contributed by atoms with Gasteiger partial charge in [0.2, 0.25) is 17.6 Å². The Bertz CT molecular complexity index is 1610. The number of carbonyl (C=O) groups excluding carboxylic acids is 5. The van der Waals surface area contributed by atoms with Crippen molar-refractivity contribution in [1.82, 2.24) is 20.9 Å². The number of amides is 4. The third kappa shape index (κ3) is 8.18. The minimum absolute atomic E-state index is 0.0630. The van der Waals surface area contributed by atoms with Crippen LogP contribution in [-0.4, -0.2) is 102 Å². The zero-order valence-electron chi connectivity index (χ0n) is 28.9. The highest BCUT2D eigenvalue weighted by Gasteiger charge is 2.56. The minimum Gasteiger partial charge on any atom is -0.444 e. The SMILES string of the molecule is CCC[C@H](NC(=O)[C@@H]1C[C@@]2(CC(c3ccc4c(c3)OC(F)(F)O4)=NO2)CN1C(=O)[C@@H](NC(=O)O[C@H]1CCOC1)C(C)(C)C)C(=O)C(=O)NC1CC1. The average Bonchev–Trinajstić information content (AvgIpc) is 3.40. The van der Waals surface area contributed by atoms with Gasteiger partial charge in [-0.25, -0.2) is 4.79 Å². The molecule has 1 spiro atoms. The fraction of sp³-hybridized carbons (Fsp3) is 0.647. The first kappa shape index (κ1) is 36.3. The number of rotatable bonds is 11. The molecule has 5 atom stereocenters. The van der Waals surface area contributed by atoms with Crippen LogP contribution in [0.2, 0.25) is 0 Å². The molecule has 0 unspecified atom stereocenters. The lowest BCUT2D eigenvalue weighted by Crippen LogP contribution is -2.59. The van der Waals surface area contributed by atoms with Gasteiger partial charge in [-0.1, -0.05) is 39.3 Å². The maximum atomic E-state index is 14.5. The molecular weight excluding hydrogens is 676 g/mol. The Hall–Kier alpha value is -4.54. The van der Waals surface area contributed by atoms with Crippen molar-refractivity contribution in [2.75, 3.05) is 19.8 Å². The predicted octanol–water partition coefficient (Wildman–Crippen LogP) is 2.53. The maximum Gasteiger partial charge on any atom is 0.586 e. The van der Waals surface area contributed by atoms with Gasteiger partial charge >= 0.3 is 12.4 Å². The number of nitrogens with one attached hydrogen (secondary N) is 3. The summed E-state index contributed by atoms with van der Waals surface area (Å²) in [5.41, 5.74) is -1.33. The Balaban J connectivity index is 1.24. The number of benzene rings is 1. The van der Waals surface area contributed by atoms with Crippen LogP contribution in [0, 0.1) is 5.41 Å². The topological polar surface area (TPSA) is 183 Å². The van der Waals surface area contributed by atoms with E-state index in [1.807, 2.05) is 6.92 Å². The first-order chi connectivity index (χ1) is 24.1. The van der Waals surface area contributed by atoms with Gasteiger partial charge in [-0.2, -0.15) is 0 Å². The van der Waals surface area contributed by atoms with Gasteiger partial charge in [0.1, 0.15) is 18.2 Å². The van der Waals surface area contributed by atoms with Crippen molar-refractivity contribution in [2.24, 2.45) is 10.6 Å². The van der Waals surface area contributed by atoms with E-state index >= 15 is 0 Å². The average molecular weight is 720 g/mol. The smallest absolute Gasteiger partial charge is 0.444 e. The van der Waals surface area contributed by atoms with E-state index in [9.17, 15) is 32.8 Å². The Labute approximate surface area is 293 Å². The molecule has 1 aromatic carbocycles. The van der Waals surface area contributed by atoms with E-state index in [2.05, 4.69) is 30.6 Å². The van der Waals surface area contributed by atoms with Gasteiger partial charge in [0, 0.05) is 30.9 Å². The summed E-state index contributed by atoms with van der Waals surface area (Å²) < 4.78 is 47.2. The Morgan fingerprint density at radius 1 is 1.08 bits per heavy atom. The second-order valence-electron chi connectivity index (χ2n) is 14.8. The molecule has 6 rings (SSSR count). The molecule has 4 amide bonds. The third-order valence-corrected chi connectivity index (χ3v) is 9.44. The van der Waals surface area contributed by atoms with Crippen LogP contribution in [0.4, 0.5) is 13.6 Å². The summed E-state index contributed by atoms with van der Waals surface area (Å²) in [5, 5.41) is 12.3. The van der Waals surface area contributed by atoms with E-state index in [0.717, 1.165) is 12.8 Å². The summed E-state index contributed by atoms with van der Waals surface area (Å²) in [7, 11) is 0. The molecule has 1 saturated carbocycles. The van der Waals surface area contributed by atoms with Crippen LogP contribution in [0.5, 0.6) is 11.5 Å². The number of hydrogen-bond acceptors (Lipinski definition) is 11. The molecule has 17 heteroatoms. The molecule has 5 aliphatic rings. The second kappa shape index (κ2) is 13.9. The summed E-state index contributed by atoms with van der Waals surface area (Å²) >= 11 is 0. The number of likely N-dealkylation sites (tertiary alicyclic amines) is 1. The van der Waals surface area contributed by atoms with Crippen molar-refractivity contribution in [2.45, 2.75) is 115 Å². The lowest BCUT2D eigenvalue weighted by molar-refractivity contribution is -0.286. The second-order valence-corrected chi connectivity index (χ2v) is 14.8. The van der Waals surface area contributed by atoms with Crippen molar-refractivity contribution < 1.29 is 56.5 Å². The standard InChI is InChI=1S/C34H43F2N5O10/c1-5-6-21(26(42)29(44)37-19-8-9-19)38-28(43)23-15-33(14-22(40-51-33)18-7-10-24-25(13-18)50-34(35,36)49-24)17-41(23)30(45)27(32(2,3)4)39-31(46)48-20-11-12-47-16-20/h7,10,13,19-21,23,27H,5-6,8-9,11-12,14-17H2,1-4H3,(H,37,44)(H,38,43)(H,39,46)/t20-,21-,23-,27+,33-/m0/s1. The highest BCUT2D eigenvalue weighted by molar-refractivity contribution is 6.38. The Morgan fingerprint density at radius 2 is 1.82 bits per heavy atom. The fourth-order valence-corrected chi connectivity index (χ4v) is 6.60. The van der Waals surface area contributed by atoms with Crippen molar-refractivity contribution >= 4 is 35.3 Å². The fourth-order valence-electron chi connectivity index (χ4n) is 6.60. The number of Topliss-reactive ketones (excluding diaryl/α,β-unsaturated/α-hetero) is 1. The van der Waals surface area contributed by atoms with Gasteiger partial charge < -0.3 is 44.6 Å². The Morgan fingerprint density at radius 3 is 2.49 bits per heavy atom. The first-order valence-electron chi connectivity index (χ1n) is 17.2. The molecule has 0 radical (unpaired) electrons. The number of fused-ring (bicyclic) bond motifs is 1. The van der Waals surface area contributed by atoms with Crippen molar-refractivity contribution in [3.05, 3.63) is 23.8 Å². The largest absolute Gasteiger partial charge is 0.586 e. The van der Waals surface area contributed by atoms with E-state index in [1.54, 1.807) is 20.8 Å². The van der Waals surface area contributed by atoms with Crippen LogP contribution in [-0.2, 0) is 33.5 Å². The van der Waals surface area contributed by atoms with Gasteiger partial charge in [-0.05, 0) is 42.9 Å². The van der Waals surface area contributed by atoms with E-state index in [4.69, 9.17) is 14.3 Å². The summed E-state index contributed by atoms with van der Waals surface area (Å²) in [5.74, 6) is -3.19. The minimum atomic E-state index is -3.81. The number of alkyl carbamates (subject to hydrolysis) is 1. The monoisotopic (exact) mass is 719 g/mol. The summed E-state index contributed by atoms with van der Waals surface area (Å²) in [6, 6.07) is 0.610. The van der Waals surface area contributed by atoms with Crippen LogP contribution in [0.15, 0.2) is 23.4 Å². The molecule has 51 heavy (non-hydrogen) atoms. The summed E-state index contributed by atoms with van der Waals surface area (Å²) in [6.07, 6.45) is -2.35. The van der Waals surface area contributed by atoms with Crippen LogP contribution in [0.3, 0.4) is 0 Å². The number of oxime groups is 1. The lowest BCUT2D eigenvalue weighted by atomic mass is 9.85. The van der Waals surface area contributed by atoms with E-state index in [-0.39, 0.29) is 50.0 Å². The normalized spacial score (nSPS) is 25.8. The highest BCUT2D eigenvalue weighted by Crippen LogP contribution is 2.44. The van der Waals surface area contributed by atoms with Crippen LogP contribution in [0.1, 0.15) is 78.2 Å². The summed E-state index contributed by atoms with van der Waals surface area (Å²) in [6.45, 7) is 7.60. The predicted molar refractivity (Wildman–Crippen MR) is 173 cm³/mol. The molecule has 1 aromatic rings. The van der Waals surface area contributed by atoms with Crippen molar-refractivity contribution in [3.8, 4) is 11.5 Å². The molecule has 0 aromatic heterocycles. The first-order valence-corrected chi connectivity index (χ1v) is 17.2. The quantitative estimate of drug-likeness (QED) is 0.288. The van der Waals surface area contributed by atoms with E-state index in [1.165, 1.54) is 23.1 Å². The van der Waals surface area contributed by atoms with Crippen LogP contribution >= 0.6 is 0 Å². The molecular formula is C34H43F2N5O10. The molecule has 3 fully saturated rings. The molecule has 2 saturated heterocycles. The van der Waals surface area contributed by atoms with Gasteiger partial charge in [0.25, 0.3) is 5.91 Å². The number of hydrogen-bond donors (Lipinski definition) is 3. The zero-order valence-corrected chi connectivity index (χ0v) is 28.9. The number of carbonyl (C=O) groups is 5. The van der Waals surface area contributed by atoms with E-state index < -0.39 is 71.1 Å². The van der Waals surface area contributed by atoms with Crippen molar-refractivity contribution in [1.29, 1.82) is 0 Å². The van der Waals surface area contributed by atoms with Crippen molar-refractivity contribution in [3.63, 3.8) is 0 Å². The van der Waals surface area contributed by atoms with Gasteiger partial charge in [0.15, 0.2) is 17.1 Å². The molecule has 4 heterocycles. The lowest BCUT2D eigenvalue weighted by Gasteiger charge is -2.35. The highest BCUT2D eigenvalue weighted by atomic mass is 19.3. The number of ether oxygens (including phenoxy) is 4. The molecule has 1 aliphatic carbocycles. The maximum absolute atomic E-state index is 14.5. The Kier molecular flexibility index (Phi) is 9.87. The number of alkyl halides is 2. The van der Waals surface area contributed by atoms with Gasteiger partial charge in [-0.15, -0.1) is 8.78 Å². The number of halogens is 2. The molecule has 15 nitrogen and oxygen atoms in total. The molecule has 3 N–H and O–H groups in total. The van der Waals surface area contributed by atoms with Gasteiger partial charge in [-0.3, -0.25) is 19.2 Å². The molecule has 4 aliphatic heterocycles. The van der Waals surface area contributed by atoms with E-state index in [0.29, 0.717) is 30.7 Å². The molecule has 278 valence electrons. The number of ketones is 1. The van der Waals surface area contributed by atoms with Crippen LogP contribution in [0.25, 0.3) is 0 Å². The summed E-state index contributed by atoms with van der Waals surface area (Å²) in [4.78, 5) is 74.6. The molecule has 0 bridgehead atoms. The van der Waals surface area contributed by atoms with Gasteiger partial charge in [0.05, 0.1) is 31.5 Å². The van der Waals surface area contributed by atoms with Crippen LogP contribution < -0.4 is 25.4 Å². The third-order valence-electron chi connectivity index (χ3n) is 9.44. The number of nitrogens with zero attached hydrogens (tertiary/aromatic N) is 2.